The van der Waals surface area contributed by atoms with E-state index in [9.17, 15) is 5.26 Å². The Morgan fingerprint density at radius 1 is 1.19 bits per heavy atom. The van der Waals surface area contributed by atoms with Crippen molar-refractivity contribution in [2.24, 2.45) is 0 Å². The number of nitriles is 1. The van der Waals surface area contributed by atoms with Crippen LogP contribution < -0.4 is 4.90 Å². The molecule has 0 radical (unpaired) electrons. The number of nitrogens with zero attached hydrogens (tertiary/aromatic N) is 4. The maximum Gasteiger partial charge on any atom is 0.146 e. The molecule has 1 fully saturated rings. The number of rotatable bonds is 6. The van der Waals surface area contributed by atoms with Crippen molar-refractivity contribution < 1.29 is 5.11 Å². The lowest BCUT2D eigenvalue weighted by atomic mass is 10.2. The minimum atomic E-state index is 0.296. The summed E-state index contributed by atoms with van der Waals surface area (Å²) in [4.78, 5) is 9.09. The zero-order valence-corrected chi connectivity index (χ0v) is 12.5. The van der Waals surface area contributed by atoms with Crippen LogP contribution in [0.25, 0.3) is 0 Å². The molecule has 5 nitrogen and oxygen atoms in total. The molecule has 0 aromatic carbocycles. The van der Waals surface area contributed by atoms with E-state index >= 15 is 0 Å². The fourth-order valence-electron chi connectivity index (χ4n) is 2.77. The van der Waals surface area contributed by atoms with E-state index < -0.39 is 0 Å². The Hall–Kier alpha value is -1.64. The molecule has 5 heteroatoms. The first kappa shape index (κ1) is 15.7. The monoisotopic (exact) mass is 288 g/mol. The van der Waals surface area contributed by atoms with Crippen molar-refractivity contribution in [3.8, 4) is 6.07 Å². The SMILES string of the molecule is N#Cc1cccnc1N1CCCN(CCCCCO)CC1. The second-order valence-corrected chi connectivity index (χ2v) is 5.45. The summed E-state index contributed by atoms with van der Waals surface area (Å²) in [6.07, 6.45) is 6.00. The number of aliphatic hydroxyl groups is 1. The van der Waals surface area contributed by atoms with Crippen LogP contribution in [-0.2, 0) is 0 Å². The molecule has 0 spiro atoms. The molecular formula is C16H24N4O. The predicted octanol–water partition coefficient (Wildman–Crippen LogP) is 1.63. The Morgan fingerprint density at radius 2 is 2.10 bits per heavy atom. The second kappa shape index (κ2) is 8.60. The maximum atomic E-state index is 9.19. The molecular weight excluding hydrogens is 264 g/mol. The molecule has 0 unspecified atom stereocenters. The van der Waals surface area contributed by atoms with Gasteiger partial charge in [0.05, 0.1) is 5.56 Å². The number of aliphatic hydroxyl groups excluding tert-OH is 1. The fraction of sp³-hybridized carbons (Fsp3) is 0.625. The van der Waals surface area contributed by atoms with E-state index in [4.69, 9.17) is 5.11 Å². The van der Waals surface area contributed by atoms with Gasteiger partial charge in [0.1, 0.15) is 11.9 Å². The average Bonchev–Trinajstić information content (AvgIpc) is 2.77. The van der Waals surface area contributed by atoms with E-state index in [1.54, 1.807) is 6.20 Å². The van der Waals surface area contributed by atoms with Crippen LogP contribution in [0.2, 0.25) is 0 Å². The maximum absolute atomic E-state index is 9.19. The average molecular weight is 288 g/mol. The molecule has 0 saturated carbocycles. The van der Waals surface area contributed by atoms with E-state index in [0.717, 1.165) is 64.2 Å². The molecule has 0 atom stereocenters. The summed E-state index contributed by atoms with van der Waals surface area (Å²) in [5.74, 6) is 0.821. The molecule has 2 heterocycles. The quantitative estimate of drug-likeness (QED) is 0.806. The second-order valence-electron chi connectivity index (χ2n) is 5.45. The zero-order chi connectivity index (χ0) is 14.9. The number of aromatic nitrogens is 1. The Balaban J connectivity index is 1.87. The summed E-state index contributed by atoms with van der Waals surface area (Å²) >= 11 is 0. The van der Waals surface area contributed by atoms with Crippen LogP contribution in [0.3, 0.4) is 0 Å². The molecule has 0 amide bonds. The summed E-state index contributed by atoms with van der Waals surface area (Å²) in [6.45, 7) is 5.39. The topological polar surface area (TPSA) is 63.4 Å². The fourth-order valence-corrected chi connectivity index (χ4v) is 2.77. The van der Waals surface area contributed by atoms with Crippen LogP contribution in [0.15, 0.2) is 18.3 Å². The molecule has 114 valence electrons. The lowest BCUT2D eigenvalue weighted by molar-refractivity contribution is 0.262. The van der Waals surface area contributed by atoms with Gasteiger partial charge >= 0.3 is 0 Å². The first-order chi connectivity index (χ1) is 10.3. The highest BCUT2D eigenvalue weighted by molar-refractivity contribution is 5.53. The third kappa shape index (κ3) is 4.69. The molecule has 0 bridgehead atoms. The highest BCUT2D eigenvalue weighted by Gasteiger charge is 2.17. The van der Waals surface area contributed by atoms with E-state index in [-0.39, 0.29) is 0 Å². The van der Waals surface area contributed by atoms with E-state index in [0.29, 0.717) is 12.2 Å². The Kier molecular flexibility index (Phi) is 6.45. The van der Waals surface area contributed by atoms with Gasteiger partial charge in [0, 0.05) is 32.4 Å². The van der Waals surface area contributed by atoms with Gasteiger partial charge in [-0.1, -0.05) is 0 Å². The van der Waals surface area contributed by atoms with Gasteiger partial charge in [-0.25, -0.2) is 4.98 Å². The van der Waals surface area contributed by atoms with Gasteiger partial charge in [-0.05, 0) is 50.9 Å². The normalized spacial score (nSPS) is 16.5. The Bertz CT molecular complexity index is 472. The zero-order valence-electron chi connectivity index (χ0n) is 12.5. The number of pyridine rings is 1. The van der Waals surface area contributed by atoms with Crippen LogP contribution in [0.4, 0.5) is 5.82 Å². The van der Waals surface area contributed by atoms with Crippen molar-refractivity contribution in [2.75, 3.05) is 44.2 Å². The molecule has 1 saturated heterocycles. The third-order valence-electron chi connectivity index (χ3n) is 3.93. The van der Waals surface area contributed by atoms with Crippen molar-refractivity contribution in [3.05, 3.63) is 23.9 Å². The third-order valence-corrected chi connectivity index (χ3v) is 3.93. The first-order valence-corrected chi connectivity index (χ1v) is 7.78. The van der Waals surface area contributed by atoms with Crippen LogP contribution >= 0.6 is 0 Å². The summed E-state index contributed by atoms with van der Waals surface area (Å²) in [7, 11) is 0. The van der Waals surface area contributed by atoms with Crippen LogP contribution in [0.1, 0.15) is 31.2 Å². The van der Waals surface area contributed by atoms with Crippen LogP contribution in [0.5, 0.6) is 0 Å². The lowest BCUT2D eigenvalue weighted by Crippen LogP contribution is -2.32. The van der Waals surface area contributed by atoms with Crippen molar-refractivity contribution >= 4 is 5.82 Å². The minimum absolute atomic E-state index is 0.296. The van der Waals surface area contributed by atoms with Crippen molar-refractivity contribution in [2.45, 2.75) is 25.7 Å². The van der Waals surface area contributed by atoms with Crippen LogP contribution in [-0.4, -0.2) is 54.3 Å². The Labute approximate surface area is 126 Å². The minimum Gasteiger partial charge on any atom is -0.396 e. The summed E-state index contributed by atoms with van der Waals surface area (Å²) < 4.78 is 0. The van der Waals surface area contributed by atoms with E-state index in [1.807, 2.05) is 12.1 Å². The van der Waals surface area contributed by atoms with Gasteiger partial charge in [0.2, 0.25) is 0 Å². The summed E-state index contributed by atoms with van der Waals surface area (Å²) in [5, 5.41) is 18.0. The number of hydrogen-bond acceptors (Lipinski definition) is 5. The van der Waals surface area contributed by atoms with E-state index in [1.165, 1.54) is 0 Å². The molecule has 1 aromatic heterocycles. The van der Waals surface area contributed by atoms with Gasteiger partial charge in [-0.3, -0.25) is 0 Å². The molecule has 1 aliphatic heterocycles. The lowest BCUT2D eigenvalue weighted by Gasteiger charge is -2.23. The largest absolute Gasteiger partial charge is 0.396 e. The molecule has 2 rings (SSSR count). The smallest absolute Gasteiger partial charge is 0.146 e. The molecule has 21 heavy (non-hydrogen) atoms. The highest BCUT2D eigenvalue weighted by atomic mass is 16.2. The molecule has 1 N–H and O–H groups in total. The standard InChI is InChI=1S/C16H24N4O/c17-14-15-6-4-7-18-16(15)20-10-5-9-19(11-12-20)8-2-1-3-13-21/h4,6-7,21H,1-3,5,8-13H2. The summed E-state index contributed by atoms with van der Waals surface area (Å²) in [5.41, 5.74) is 0.661. The Morgan fingerprint density at radius 3 is 2.90 bits per heavy atom. The number of unbranched alkanes of at least 4 members (excludes halogenated alkanes) is 2. The van der Waals surface area contributed by atoms with Gasteiger partial charge in [-0.15, -0.1) is 0 Å². The molecule has 0 aliphatic carbocycles. The molecule has 1 aliphatic rings. The van der Waals surface area contributed by atoms with Crippen LogP contribution in [0, 0.1) is 11.3 Å². The number of anilines is 1. The first-order valence-electron chi connectivity index (χ1n) is 7.78. The van der Waals surface area contributed by atoms with Gasteiger partial charge in [-0.2, -0.15) is 5.26 Å². The van der Waals surface area contributed by atoms with Gasteiger partial charge in [0.25, 0.3) is 0 Å². The number of hydrogen-bond donors (Lipinski definition) is 1. The van der Waals surface area contributed by atoms with Crippen molar-refractivity contribution in [1.82, 2.24) is 9.88 Å². The van der Waals surface area contributed by atoms with Crippen molar-refractivity contribution in [1.29, 1.82) is 5.26 Å². The van der Waals surface area contributed by atoms with Gasteiger partial charge in [0.15, 0.2) is 0 Å². The van der Waals surface area contributed by atoms with Crippen molar-refractivity contribution in [3.63, 3.8) is 0 Å². The molecule has 1 aromatic rings. The van der Waals surface area contributed by atoms with E-state index in [2.05, 4.69) is 20.9 Å². The summed E-state index contributed by atoms with van der Waals surface area (Å²) in [6, 6.07) is 5.88. The van der Waals surface area contributed by atoms with Gasteiger partial charge < -0.3 is 14.9 Å². The highest BCUT2D eigenvalue weighted by Crippen LogP contribution is 2.18. The predicted molar refractivity (Wildman–Crippen MR) is 83.2 cm³/mol.